The van der Waals surface area contributed by atoms with Crippen LogP contribution >= 0.6 is 0 Å². The molecule has 0 saturated heterocycles. The number of methoxy groups -OCH3 is 2. The zero-order valence-electron chi connectivity index (χ0n) is 15.7. The van der Waals surface area contributed by atoms with Crippen LogP contribution in [0.3, 0.4) is 0 Å². The van der Waals surface area contributed by atoms with Gasteiger partial charge in [0.05, 0.1) is 19.9 Å². The van der Waals surface area contributed by atoms with Crippen LogP contribution in [0.25, 0.3) is 33.9 Å². The number of hydrogen-bond donors (Lipinski definition) is 0. The van der Waals surface area contributed by atoms with Gasteiger partial charge in [0, 0.05) is 23.5 Å². The molecule has 2 aromatic carbocycles. The van der Waals surface area contributed by atoms with E-state index in [4.69, 9.17) is 14.5 Å². The van der Waals surface area contributed by atoms with Crippen molar-refractivity contribution in [1.82, 2.24) is 15.0 Å². The quantitative estimate of drug-likeness (QED) is 0.501. The molecule has 138 valence electrons. The van der Waals surface area contributed by atoms with Crippen LogP contribution in [0.4, 0.5) is 0 Å². The molecule has 0 radical (unpaired) electrons. The molecule has 0 bridgehead atoms. The lowest BCUT2D eigenvalue weighted by atomic mass is 10.0. The van der Waals surface area contributed by atoms with Gasteiger partial charge in [-0.15, -0.1) is 0 Å². The molecule has 2 heterocycles. The van der Waals surface area contributed by atoms with E-state index in [2.05, 4.69) is 9.97 Å². The number of rotatable bonds is 5. The molecule has 0 fully saturated rings. The highest BCUT2D eigenvalue weighted by Crippen LogP contribution is 2.33. The monoisotopic (exact) mass is 369 g/mol. The Labute approximate surface area is 163 Å². The van der Waals surface area contributed by atoms with Gasteiger partial charge in [0.25, 0.3) is 0 Å². The number of ether oxygens (including phenoxy) is 2. The first-order valence-corrected chi connectivity index (χ1v) is 8.86. The normalized spacial score (nSPS) is 10.5. The van der Waals surface area contributed by atoms with Crippen molar-refractivity contribution in [3.63, 3.8) is 0 Å². The number of nitrogens with zero attached hydrogens (tertiary/aromatic N) is 3. The van der Waals surface area contributed by atoms with Gasteiger partial charge in [0.1, 0.15) is 17.2 Å². The number of aromatic nitrogens is 3. The van der Waals surface area contributed by atoms with Gasteiger partial charge < -0.3 is 9.47 Å². The van der Waals surface area contributed by atoms with Crippen molar-refractivity contribution >= 4 is 0 Å². The molecule has 5 heteroatoms. The lowest BCUT2D eigenvalue weighted by Crippen LogP contribution is -1.97. The van der Waals surface area contributed by atoms with E-state index in [1.807, 2.05) is 72.9 Å². The Morgan fingerprint density at radius 2 is 1.32 bits per heavy atom. The van der Waals surface area contributed by atoms with Crippen molar-refractivity contribution in [3.8, 4) is 45.4 Å². The Bertz CT molecular complexity index is 1060. The molecule has 28 heavy (non-hydrogen) atoms. The molecule has 4 rings (SSSR count). The van der Waals surface area contributed by atoms with E-state index in [0.717, 1.165) is 39.6 Å². The van der Waals surface area contributed by atoms with Crippen LogP contribution in [0, 0.1) is 0 Å². The van der Waals surface area contributed by atoms with Crippen molar-refractivity contribution in [2.75, 3.05) is 14.2 Å². The summed E-state index contributed by atoms with van der Waals surface area (Å²) in [4.78, 5) is 13.8. The summed E-state index contributed by atoms with van der Waals surface area (Å²) >= 11 is 0. The minimum absolute atomic E-state index is 0.587. The molecule has 5 nitrogen and oxygen atoms in total. The summed E-state index contributed by atoms with van der Waals surface area (Å²) in [7, 11) is 3.31. The summed E-state index contributed by atoms with van der Waals surface area (Å²) in [6, 6.07) is 21.4. The molecule has 0 amide bonds. The lowest BCUT2D eigenvalue weighted by Gasteiger charge is -2.12. The van der Waals surface area contributed by atoms with Gasteiger partial charge in [-0.25, -0.2) is 9.97 Å². The van der Waals surface area contributed by atoms with Gasteiger partial charge in [-0.3, -0.25) is 4.98 Å². The third-order valence-electron chi connectivity index (χ3n) is 4.45. The zero-order valence-corrected chi connectivity index (χ0v) is 15.7. The van der Waals surface area contributed by atoms with E-state index < -0.39 is 0 Å². The molecule has 0 spiro atoms. The number of pyridine rings is 1. The second-order valence-electron chi connectivity index (χ2n) is 6.13. The Balaban J connectivity index is 1.86. The predicted octanol–water partition coefficient (Wildman–Crippen LogP) is 4.89. The van der Waals surface area contributed by atoms with E-state index in [0.29, 0.717) is 5.82 Å². The molecule has 4 aromatic rings. The summed E-state index contributed by atoms with van der Waals surface area (Å²) in [5, 5.41) is 0. The Hall–Kier alpha value is -3.73. The van der Waals surface area contributed by atoms with E-state index in [1.54, 1.807) is 20.4 Å². The van der Waals surface area contributed by atoms with Crippen LogP contribution in [-0.4, -0.2) is 29.2 Å². The SMILES string of the molecule is COc1ccc(-c2cnc(-c3ccccn3)nc2-c2ccc(OC)cc2)cc1. The van der Waals surface area contributed by atoms with E-state index in [-0.39, 0.29) is 0 Å². The van der Waals surface area contributed by atoms with Crippen molar-refractivity contribution in [2.45, 2.75) is 0 Å². The molecule has 0 aliphatic heterocycles. The fraction of sp³-hybridized carbons (Fsp3) is 0.0870. The van der Waals surface area contributed by atoms with Crippen molar-refractivity contribution < 1.29 is 9.47 Å². The van der Waals surface area contributed by atoms with E-state index in [1.165, 1.54) is 0 Å². The largest absolute Gasteiger partial charge is 0.497 e. The maximum absolute atomic E-state index is 5.28. The second-order valence-corrected chi connectivity index (χ2v) is 6.13. The molecule has 0 N–H and O–H groups in total. The minimum atomic E-state index is 0.587. The molecule has 0 aliphatic rings. The van der Waals surface area contributed by atoms with Crippen molar-refractivity contribution in [1.29, 1.82) is 0 Å². The first kappa shape index (κ1) is 17.7. The topological polar surface area (TPSA) is 57.1 Å². The fourth-order valence-corrected chi connectivity index (χ4v) is 2.95. The van der Waals surface area contributed by atoms with Crippen LogP contribution in [0.1, 0.15) is 0 Å². The molecular formula is C23H19N3O2. The summed E-state index contributed by atoms with van der Waals surface area (Å²) in [5.74, 6) is 2.19. The predicted molar refractivity (Wildman–Crippen MR) is 109 cm³/mol. The number of benzene rings is 2. The Morgan fingerprint density at radius 3 is 1.89 bits per heavy atom. The van der Waals surface area contributed by atoms with Gasteiger partial charge >= 0.3 is 0 Å². The highest BCUT2D eigenvalue weighted by Gasteiger charge is 2.13. The highest BCUT2D eigenvalue weighted by atomic mass is 16.5. The van der Waals surface area contributed by atoms with Gasteiger partial charge in [0.15, 0.2) is 5.82 Å². The first-order chi connectivity index (χ1) is 13.8. The average molecular weight is 369 g/mol. The highest BCUT2D eigenvalue weighted by molar-refractivity contribution is 5.81. The number of hydrogen-bond acceptors (Lipinski definition) is 5. The van der Waals surface area contributed by atoms with Crippen LogP contribution in [-0.2, 0) is 0 Å². The summed E-state index contributed by atoms with van der Waals surface area (Å²) in [6.45, 7) is 0. The van der Waals surface area contributed by atoms with Crippen molar-refractivity contribution in [2.24, 2.45) is 0 Å². The summed E-state index contributed by atoms with van der Waals surface area (Å²) < 4.78 is 10.6. The standard InChI is InChI=1S/C23H19N3O2/c1-27-18-10-6-16(7-11-18)20-15-25-23(21-5-3-4-14-24-21)26-22(20)17-8-12-19(28-2)13-9-17/h3-15H,1-2H3. The smallest absolute Gasteiger partial charge is 0.178 e. The van der Waals surface area contributed by atoms with Crippen LogP contribution in [0.2, 0.25) is 0 Å². The Morgan fingerprint density at radius 1 is 0.679 bits per heavy atom. The third kappa shape index (κ3) is 3.55. The molecule has 0 atom stereocenters. The minimum Gasteiger partial charge on any atom is -0.497 e. The lowest BCUT2D eigenvalue weighted by molar-refractivity contribution is 0.414. The molecule has 2 aromatic heterocycles. The van der Waals surface area contributed by atoms with Gasteiger partial charge in [0.2, 0.25) is 0 Å². The maximum Gasteiger partial charge on any atom is 0.178 e. The summed E-state index contributed by atoms with van der Waals surface area (Å²) in [6.07, 6.45) is 3.58. The van der Waals surface area contributed by atoms with Crippen LogP contribution in [0.5, 0.6) is 11.5 Å². The third-order valence-corrected chi connectivity index (χ3v) is 4.45. The Kier molecular flexibility index (Phi) is 4.97. The molecule has 0 unspecified atom stereocenters. The second kappa shape index (κ2) is 7.88. The molecular weight excluding hydrogens is 350 g/mol. The van der Waals surface area contributed by atoms with E-state index in [9.17, 15) is 0 Å². The van der Waals surface area contributed by atoms with Crippen molar-refractivity contribution in [3.05, 3.63) is 79.1 Å². The van der Waals surface area contributed by atoms with Gasteiger partial charge in [-0.2, -0.15) is 0 Å². The molecule has 0 saturated carbocycles. The molecule has 0 aliphatic carbocycles. The van der Waals surface area contributed by atoms with Gasteiger partial charge in [-0.05, 0) is 54.1 Å². The first-order valence-electron chi connectivity index (χ1n) is 8.86. The summed E-state index contributed by atoms with van der Waals surface area (Å²) in [5.41, 5.74) is 4.50. The van der Waals surface area contributed by atoms with Crippen LogP contribution in [0.15, 0.2) is 79.1 Å². The average Bonchev–Trinajstić information content (AvgIpc) is 2.79. The zero-order chi connectivity index (χ0) is 19.3. The van der Waals surface area contributed by atoms with Gasteiger partial charge in [-0.1, -0.05) is 18.2 Å². The maximum atomic E-state index is 5.28. The van der Waals surface area contributed by atoms with E-state index >= 15 is 0 Å². The van der Waals surface area contributed by atoms with Crippen LogP contribution < -0.4 is 9.47 Å². The fourth-order valence-electron chi connectivity index (χ4n) is 2.95.